The number of carbonyl (C=O) groups excluding carboxylic acids is 3. The van der Waals surface area contributed by atoms with E-state index in [0.717, 1.165) is 4.47 Å². The lowest BCUT2D eigenvalue weighted by atomic mass is 10.0. The molecule has 26 heavy (non-hydrogen) atoms. The second-order valence-electron chi connectivity index (χ2n) is 5.76. The van der Waals surface area contributed by atoms with Gasteiger partial charge in [-0.05, 0) is 46.3 Å². The summed E-state index contributed by atoms with van der Waals surface area (Å²) in [6.07, 6.45) is 1.67. The fourth-order valence-corrected chi connectivity index (χ4v) is 2.71. The normalized spacial score (nSPS) is 13.0. The van der Waals surface area contributed by atoms with Crippen LogP contribution in [0.5, 0.6) is 5.75 Å². The van der Waals surface area contributed by atoms with Crippen molar-refractivity contribution in [2.45, 2.75) is 12.8 Å². The van der Waals surface area contributed by atoms with Gasteiger partial charge in [0.05, 0.1) is 5.69 Å². The van der Waals surface area contributed by atoms with Gasteiger partial charge in [-0.25, -0.2) is 4.98 Å². The minimum Gasteiger partial charge on any atom is -0.482 e. The number of nitrogens with one attached hydrogen (secondary N) is 1. The molecule has 2 aromatic rings. The molecule has 0 saturated heterocycles. The van der Waals surface area contributed by atoms with Crippen molar-refractivity contribution in [1.82, 2.24) is 4.98 Å². The summed E-state index contributed by atoms with van der Waals surface area (Å²) in [4.78, 5) is 41.6. The summed E-state index contributed by atoms with van der Waals surface area (Å²) in [6, 6.07) is 8.35. The van der Waals surface area contributed by atoms with E-state index in [1.165, 1.54) is 4.90 Å². The Hall–Kier alpha value is -2.74. The first-order chi connectivity index (χ1) is 12.4. The van der Waals surface area contributed by atoms with Gasteiger partial charge in [0.1, 0.15) is 11.6 Å². The van der Waals surface area contributed by atoms with E-state index in [9.17, 15) is 14.4 Å². The average molecular weight is 418 g/mol. The molecule has 1 N–H and O–H groups in total. The Morgan fingerprint density at radius 2 is 2.08 bits per heavy atom. The third kappa shape index (κ3) is 4.08. The predicted octanol–water partition coefficient (Wildman–Crippen LogP) is 2.80. The van der Waals surface area contributed by atoms with Crippen LogP contribution in [0.3, 0.4) is 0 Å². The van der Waals surface area contributed by atoms with Gasteiger partial charge < -0.3 is 15.0 Å². The summed E-state index contributed by atoms with van der Waals surface area (Å²) in [5.41, 5.74) is 0.985. The Balaban J connectivity index is 1.60. The molecule has 1 aliphatic rings. The first kappa shape index (κ1) is 18.1. The number of pyridine rings is 1. The molecule has 1 aromatic carbocycles. The van der Waals surface area contributed by atoms with E-state index < -0.39 is 0 Å². The number of ketones is 1. The van der Waals surface area contributed by atoms with Crippen molar-refractivity contribution in [1.29, 1.82) is 0 Å². The lowest BCUT2D eigenvalue weighted by Gasteiger charge is -2.26. The molecule has 0 spiro atoms. The molecular formula is C18H16BrN3O4. The minimum atomic E-state index is -0.290. The standard InChI is InChI=1S/C18H16BrN3O4/c1-22-13-8-11(2-5-15(13)26-10-18(22)25)14(23)4-7-17(24)21-16-6-3-12(19)9-20-16/h2-3,5-6,8-9H,4,7,10H2,1H3,(H,20,21,24). The maximum absolute atomic E-state index is 12.4. The number of hydrogen-bond acceptors (Lipinski definition) is 5. The lowest BCUT2D eigenvalue weighted by molar-refractivity contribution is -0.121. The molecule has 134 valence electrons. The number of halogens is 1. The van der Waals surface area contributed by atoms with E-state index in [1.807, 2.05) is 0 Å². The topological polar surface area (TPSA) is 88.6 Å². The number of anilines is 2. The molecule has 0 saturated carbocycles. The zero-order valence-electron chi connectivity index (χ0n) is 14.0. The Bertz CT molecular complexity index is 867. The van der Waals surface area contributed by atoms with Gasteiger partial charge in [-0.2, -0.15) is 0 Å². The summed E-state index contributed by atoms with van der Waals surface area (Å²) in [5, 5.41) is 2.64. The molecule has 0 unspecified atom stereocenters. The first-order valence-electron chi connectivity index (χ1n) is 7.92. The number of rotatable bonds is 5. The van der Waals surface area contributed by atoms with Gasteiger partial charge in [-0.15, -0.1) is 0 Å². The number of aromatic nitrogens is 1. The molecule has 0 bridgehead atoms. The van der Waals surface area contributed by atoms with Crippen LogP contribution >= 0.6 is 15.9 Å². The first-order valence-corrected chi connectivity index (χ1v) is 8.71. The van der Waals surface area contributed by atoms with Gasteiger partial charge in [-0.1, -0.05) is 0 Å². The summed E-state index contributed by atoms with van der Waals surface area (Å²) in [6.45, 7) is -0.0128. The van der Waals surface area contributed by atoms with Crippen LogP contribution in [0.1, 0.15) is 23.2 Å². The van der Waals surface area contributed by atoms with E-state index in [0.29, 0.717) is 22.8 Å². The number of fused-ring (bicyclic) bond motifs is 1. The summed E-state index contributed by atoms with van der Waals surface area (Å²) in [5.74, 6) is 0.336. The van der Waals surface area contributed by atoms with Gasteiger partial charge in [0.2, 0.25) is 5.91 Å². The predicted molar refractivity (Wildman–Crippen MR) is 99.5 cm³/mol. The molecule has 0 atom stereocenters. The second-order valence-corrected chi connectivity index (χ2v) is 6.67. The Kier molecular flexibility index (Phi) is 5.32. The maximum atomic E-state index is 12.4. The smallest absolute Gasteiger partial charge is 0.264 e. The highest BCUT2D eigenvalue weighted by molar-refractivity contribution is 9.10. The summed E-state index contributed by atoms with van der Waals surface area (Å²) in [7, 11) is 1.64. The van der Waals surface area contributed by atoms with Gasteiger partial charge in [-0.3, -0.25) is 14.4 Å². The van der Waals surface area contributed by atoms with Crippen LogP contribution < -0.4 is 15.0 Å². The molecular weight excluding hydrogens is 402 g/mol. The Morgan fingerprint density at radius 3 is 2.81 bits per heavy atom. The van der Waals surface area contributed by atoms with Gasteiger partial charge in [0, 0.05) is 36.1 Å². The van der Waals surface area contributed by atoms with Crippen molar-refractivity contribution in [3.8, 4) is 5.75 Å². The van der Waals surface area contributed by atoms with Crippen molar-refractivity contribution >= 4 is 45.0 Å². The van der Waals surface area contributed by atoms with Crippen molar-refractivity contribution in [3.63, 3.8) is 0 Å². The molecule has 3 rings (SSSR count). The number of benzene rings is 1. The number of amides is 2. The van der Waals surface area contributed by atoms with E-state index in [1.54, 1.807) is 43.6 Å². The highest BCUT2D eigenvalue weighted by Crippen LogP contribution is 2.32. The zero-order chi connectivity index (χ0) is 18.7. The van der Waals surface area contributed by atoms with Crippen LogP contribution in [0.25, 0.3) is 0 Å². The van der Waals surface area contributed by atoms with E-state index in [2.05, 4.69) is 26.2 Å². The molecule has 0 aliphatic carbocycles. The quantitative estimate of drug-likeness (QED) is 0.755. The third-order valence-electron chi connectivity index (χ3n) is 3.94. The Labute approximate surface area is 158 Å². The van der Waals surface area contributed by atoms with Crippen LogP contribution in [-0.2, 0) is 9.59 Å². The fourth-order valence-electron chi connectivity index (χ4n) is 2.47. The highest BCUT2D eigenvalue weighted by atomic mass is 79.9. The van der Waals surface area contributed by atoms with Gasteiger partial charge in [0.25, 0.3) is 5.91 Å². The molecule has 2 amide bonds. The van der Waals surface area contributed by atoms with Crippen molar-refractivity contribution in [2.24, 2.45) is 0 Å². The number of likely N-dealkylation sites (N-methyl/N-ethyl adjacent to an activating group) is 1. The van der Waals surface area contributed by atoms with Crippen molar-refractivity contribution in [3.05, 3.63) is 46.6 Å². The van der Waals surface area contributed by atoms with E-state index in [4.69, 9.17) is 4.74 Å². The van der Waals surface area contributed by atoms with Crippen molar-refractivity contribution in [2.75, 3.05) is 23.9 Å². The largest absolute Gasteiger partial charge is 0.482 e. The number of nitrogens with zero attached hydrogens (tertiary/aromatic N) is 2. The second kappa shape index (κ2) is 7.65. The van der Waals surface area contributed by atoms with Crippen LogP contribution in [0.15, 0.2) is 41.0 Å². The fraction of sp³-hybridized carbons (Fsp3) is 0.222. The SMILES string of the molecule is CN1C(=O)COc2ccc(C(=O)CCC(=O)Nc3ccc(Br)cn3)cc21. The molecule has 0 radical (unpaired) electrons. The average Bonchev–Trinajstić information content (AvgIpc) is 2.64. The zero-order valence-corrected chi connectivity index (χ0v) is 15.6. The Morgan fingerprint density at radius 1 is 1.27 bits per heavy atom. The van der Waals surface area contributed by atoms with Gasteiger partial charge in [0.15, 0.2) is 12.4 Å². The molecule has 1 aliphatic heterocycles. The van der Waals surface area contributed by atoms with Crippen LogP contribution in [0.4, 0.5) is 11.5 Å². The van der Waals surface area contributed by atoms with Crippen molar-refractivity contribution < 1.29 is 19.1 Å². The number of carbonyl (C=O) groups is 3. The number of hydrogen-bond donors (Lipinski definition) is 1. The number of Topliss-reactive ketones (excluding diaryl/α,β-unsaturated/α-hetero) is 1. The number of ether oxygens (including phenoxy) is 1. The molecule has 2 heterocycles. The molecule has 1 aromatic heterocycles. The summed E-state index contributed by atoms with van der Waals surface area (Å²) < 4.78 is 6.15. The lowest BCUT2D eigenvalue weighted by Crippen LogP contribution is -2.35. The molecule has 8 heteroatoms. The van der Waals surface area contributed by atoms with Gasteiger partial charge >= 0.3 is 0 Å². The molecule has 7 nitrogen and oxygen atoms in total. The maximum Gasteiger partial charge on any atom is 0.264 e. The van der Waals surface area contributed by atoms with Crippen LogP contribution in [0, 0.1) is 0 Å². The minimum absolute atomic E-state index is 0.0128. The van der Waals surface area contributed by atoms with Crippen LogP contribution in [-0.4, -0.2) is 36.2 Å². The molecule has 0 fully saturated rings. The van der Waals surface area contributed by atoms with E-state index >= 15 is 0 Å². The van der Waals surface area contributed by atoms with E-state index in [-0.39, 0.29) is 37.0 Å². The third-order valence-corrected chi connectivity index (χ3v) is 4.41. The van der Waals surface area contributed by atoms with Crippen LogP contribution in [0.2, 0.25) is 0 Å². The highest BCUT2D eigenvalue weighted by Gasteiger charge is 2.23. The monoisotopic (exact) mass is 417 g/mol. The summed E-state index contributed by atoms with van der Waals surface area (Å²) >= 11 is 3.27.